The second-order valence-corrected chi connectivity index (χ2v) is 8.16. The lowest BCUT2D eigenvalue weighted by Crippen LogP contribution is -2.37. The molecule has 0 spiro atoms. The number of rotatable bonds is 8. The Bertz CT molecular complexity index is 893. The number of hydrogen-bond donors (Lipinski definition) is 0. The predicted octanol–water partition coefficient (Wildman–Crippen LogP) is 3.90. The summed E-state index contributed by atoms with van der Waals surface area (Å²) in [7, 11) is 0. The van der Waals surface area contributed by atoms with E-state index in [-0.39, 0.29) is 24.0 Å². The van der Waals surface area contributed by atoms with Gasteiger partial charge in [0.2, 0.25) is 0 Å². The van der Waals surface area contributed by atoms with Crippen molar-refractivity contribution in [3.8, 4) is 0 Å². The molecule has 0 aliphatic carbocycles. The van der Waals surface area contributed by atoms with Crippen LogP contribution in [0.25, 0.3) is 0 Å². The monoisotopic (exact) mass is 434 g/mol. The maximum atomic E-state index is 13.0. The van der Waals surface area contributed by atoms with E-state index in [1.54, 1.807) is 45.5 Å². The van der Waals surface area contributed by atoms with E-state index < -0.39 is 28.7 Å². The van der Waals surface area contributed by atoms with Crippen LogP contribution >= 0.6 is 11.8 Å². The van der Waals surface area contributed by atoms with Gasteiger partial charge in [0.25, 0.3) is 5.69 Å². The van der Waals surface area contributed by atoms with E-state index in [0.29, 0.717) is 22.7 Å². The van der Waals surface area contributed by atoms with Crippen molar-refractivity contribution in [1.29, 1.82) is 0 Å². The van der Waals surface area contributed by atoms with Gasteiger partial charge in [-0.25, -0.2) is 4.79 Å². The summed E-state index contributed by atoms with van der Waals surface area (Å²) in [5.41, 5.74) is 1.44. The molecule has 162 valence electrons. The van der Waals surface area contributed by atoms with Crippen LogP contribution in [0.2, 0.25) is 0 Å². The molecule has 1 aromatic rings. The standard InChI is InChI=1S/C21H26N2O6S/c1-12(2)29-21(25)18-14(4)22-13(3)17(20(24)28-9-10-30-5)19(18)15-7-6-8-16(11-15)23(26)27/h6-8,11-12,17,19H,9-10H2,1-5H3/t17?,19-/m1/s1. The number of nitro groups is 1. The molecule has 0 N–H and O–H groups in total. The summed E-state index contributed by atoms with van der Waals surface area (Å²) >= 11 is 1.54. The third kappa shape index (κ3) is 5.47. The van der Waals surface area contributed by atoms with Crippen molar-refractivity contribution in [1.82, 2.24) is 0 Å². The van der Waals surface area contributed by atoms with Gasteiger partial charge in [0, 0.05) is 35.2 Å². The maximum absolute atomic E-state index is 13.0. The lowest BCUT2D eigenvalue weighted by atomic mass is 9.75. The fourth-order valence-corrected chi connectivity index (χ4v) is 3.64. The molecule has 1 aromatic carbocycles. The maximum Gasteiger partial charge on any atom is 0.336 e. The summed E-state index contributed by atoms with van der Waals surface area (Å²) in [5.74, 6) is -2.17. The van der Waals surface area contributed by atoms with E-state index in [0.717, 1.165) is 0 Å². The number of benzene rings is 1. The highest BCUT2D eigenvalue weighted by atomic mass is 32.2. The lowest BCUT2D eigenvalue weighted by molar-refractivity contribution is -0.384. The molecule has 0 saturated carbocycles. The summed E-state index contributed by atoms with van der Waals surface area (Å²) in [5, 5.41) is 11.3. The number of aliphatic imine (C=N–C) groups is 1. The molecule has 30 heavy (non-hydrogen) atoms. The quantitative estimate of drug-likeness (QED) is 0.264. The van der Waals surface area contributed by atoms with Crippen LogP contribution < -0.4 is 0 Å². The van der Waals surface area contributed by atoms with Gasteiger partial charge in [0.1, 0.15) is 12.5 Å². The van der Waals surface area contributed by atoms with Gasteiger partial charge in [-0.05, 0) is 39.5 Å². The van der Waals surface area contributed by atoms with Gasteiger partial charge in [-0.15, -0.1) is 0 Å². The first kappa shape index (κ1) is 23.6. The van der Waals surface area contributed by atoms with Crippen molar-refractivity contribution in [2.75, 3.05) is 18.6 Å². The van der Waals surface area contributed by atoms with E-state index >= 15 is 0 Å². The summed E-state index contributed by atoms with van der Waals surface area (Å²) in [4.78, 5) is 41.1. The van der Waals surface area contributed by atoms with Crippen molar-refractivity contribution < 1.29 is 24.0 Å². The van der Waals surface area contributed by atoms with Gasteiger partial charge < -0.3 is 9.47 Å². The zero-order chi connectivity index (χ0) is 22.4. The van der Waals surface area contributed by atoms with Crippen LogP contribution in [0.5, 0.6) is 0 Å². The zero-order valence-corrected chi connectivity index (χ0v) is 18.5. The number of nitro benzene ring substituents is 1. The van der Waals surface area contributed by atoms with E-state index in [2.05, 4.69) is 4.99 Å². The minimum atomic E-state index is -0.882. The van der Waals surface area contributed by atoms with Crippen LogP contribution in [-0.2, 0) is 19.1 Å². The number of carbonyl (C=O) groups excluding carboxylic acids is 2. The molecule has 0 bridgehead atoms. The van der Waals surface area contributed by atoms with Gasteiger partial charge in [0.05, 0.1) is 16.6 Å². The van der Waals surface area contributed by atoms with Gasteiger partial charge >= 0.3 is 11.9 Å². The van der Waals surface area contributed by atoms with Crippen molar-refractivity contribution in [2.45, 2.75) is 39.7 Å². The zero-order valence-electron chi connectivity index (χ0n) is 17.7. The second kappa shape index (κ2) is 10.4. The number of allylic oxidation sites excluding steroid dienone is 1. The number of carbonyl (C=O) groups is 2. The SMILES string of the molecule is CSCCOC(=O)C1C(C)=NC(C)=C(C(=O)OC(C)C)[C@@H]1c1cccc([N+](=O)[O-])c1. The molecule has 1 unspecified atom stereocenters. The molecule has 1 aliphatic heterocycles. The highest BCUT2D eigenvalue weighted by molar-refractivity contribution is 7.98. The van der Waals surface area contributed by atoms with Crippen LogP contribution in [0.4, 0.5) is 5.69 Å². The van der Waals surface area contributed by atoms with Crippen LogP contribution in [0.1, 0.15) is 39.2 Å². The topological polar surface area (TPSA) is 108 Å². The molecular weight excluding hydrogens is 408 g/mol. The third-order valence-electron chi connectivity index (χ3n) is 4.62. The van der Waals surface area contributed by atoms with Crippen molar-refractivity contribution in [3.05, 3.63) is 51.2 Å². The fourth-order valence-electron chi connectivity index (χ4n) is 3.39. The largest absolute Gasteiger partial charge is 0.464 e. The van der Waals surface area contributed by atoms with Crippen molar-refractivity contribution in [2.24, 2.45) is 10.9 Å². The molecule has 2 rings (SSSR count). The Morgan fingerprint density at radius 2 is 2.00 bits per heavy atom. The Hall–Kier alpha value is -2.68. The highest BCUT2D eigenvalue weighted by Gasteiger charge is 2.43. The van der Waals surface area contributed by atoms with Gasteiger partial charge in [-0.3, -0.25) is 19.9 Å². The Labute approximate surface area is 179 Å². The van der Waals surface area contributed by atoms with Crippen LogP contribution in [0.15, 0.2) is 40.5 Å². The molecule has 1 aliphatic rings. The summed E-state index contributed by atoms with van der Waals surface area (Å²) in [6.07, 6.45) is 1.53. The molecule has 8 nitrogen and oxygen atoms in total. The fraction of sp³-hybridized carbons (Fsp3) is 0.476. The Morgan fingerprint density at radius 3 is 2.60 bits per heavy atom. The first-order valence-electron chi connectivity index (χ1n) is 9.54. The van der Waals surface area contributed by atoms with Crippen LogP contribution in [-0.4, -0.2) is 47.3 Å². The van der Waals surface area contributed by atoms with Gasteiger partial charge in [-0.2, -0.15) is 11.8 Å². The molecular formula is C21H26N2O6S. The lowest BCUT2D eigenvalue weighted by Gasteiger charge is -2.31. The van der Waals surface area contributed by atoms with Gasteiger partial charge in [-0.1, -0.05) is 12.1 Å². The summed E-state index contributed by atoms with van der Waals surface area (Å²) in [6, 6.07) is 5.93. The van der Waals surface area contributed by atoms with Crippen LogP contribution in [0, 0.1) is 16.0 Å². The number of non-ortho nitro benzene ring substituents is 1. The molecule has 1 heterocycles. The smallest absolute Gasteiger partial charge is 0.336 e. The van der Waals surface area contributed by atoms with Crippen LogP contribution in [0.3, 0.4) is 0 Å². The molecule has 0 saturated heterocycles. The molecule has 0 fully saturated rings. The Morgan fingerprint density at radius 1 is 1.30 bits per heavy atom. The van der Waals surface area contributed by atoms with E-state index in [4.69, 9.17) is 9.47 Å². The Kier molecular flexibility index (Phi) is 8.16. The molecule has 0 radical (unpaired) electrons. The summed E-state index contributed by atoms with van der Waals surface area (Å²) < 4.78 is 10.8. The number of nitrogens with zero attached hydrogens (tertiary/aromatic N) is 2. The second-order valence-electron chi connectivity index (χ2n) is 7.17. The average Bonchev–Trinajstić information content (AvgIpc) is 2.66. The minimum absolute atomic E-state index is 0.128. The number of ether oxygens (including phenoxy) is 2. The Balaban J connectivity index is 2.59. The van der Waals surface area contributed by atoms with E-state index in [9.17, 15) is 19.7 Å². The van der Waals surface area contributed by atoms with E-state index in [1.165, 1.54) is 18.2 Å². The number of hydrogen-bond acceptors (Lipinski definition) is 8. The molecule has 0 aromatic heterocycles. The highest BCUT2D eigenvalue weighted by Crippen LogP contribution is 2.41. The first-order chi connectivity index (χ1) is 14.2. The number of esters is 2. The molecule has 9 heteroatoms. The number of thioether (sulfide) groups is 1. The van der Waals surface area contributed by atoms with Gasteiger partial charge in [0.15, 0.2) is 0 Å². The summed E-state index contributed by atoms with van der Waals surface area (Å²) in [6.45, 7) is 7.03. The third-order valence-corrected chi connectivity index (χ3v) is 5.19. The molecule has 0 amide bonds. The average molecular weight is 435 g/mol. The van der Waals surface area contributed by atoms with E-state index in [1.807, 2.05) is 6.26 Å². The van der Waals surface area contributed by atoms with Crippen molar-refractivity contribution >= 4 is 35.1 Å². The molecule has 2 atom stereocenters. The van der Waals surface area contributed by atoms with Crippen molar-refractivity contribution in [3.63, 3.8) is 0 Å². The normalized spacial score (nSPS) is 18.8. The first-order valence-corrected chi connectivity index (χ1v) is 10.9. The predicted molar refractivity (Wildman–Crippen MR) is 116 cm³/mol. The minimum Gasteiger partial charge on any atom is -0.464 e.